The van der Waals surface area contributed by atoms with Gasteiger partial charge in [-0.25, -0.2) is 0 Å². The van der Waals surface area contributed by atoms with Crippen LogP contribution in [0.5, 0.6) is 0 Å². The molecule has 2 N–H and O–H groups in total. The Morgan fingerprint density at radius 1 is 1.46 bits per heavy atom. The van der Waals surface area contributed by atoms with Crippen LogP contribution in [0.25, 0.3) is 0 Å². The van der Waals surface area contributed by atoms with Crippen molar-refractivity contribution in [1.82, 2.24) is 15.6 Å². The first kappa shape index (κ1) is 8.50. The zero-order valence-electron chi connectivity index (χ0n) is 7.44. The summed E-state index contributed by atoms with van der Waals surface area (Å²) in [4.78, 5) is 12.7. The number of nitrogens with zero attached hydrogens (tertiary/aromatic N) is 2. The van der Waals surface area contributed by atoms with Gasteiger partial charge in [-0.3, -0.25) is 10.2 Å². The van der Waals surface area contributed by atoms with E-state index in [1.165, 1.54) is 0 Å². The molecular formula is C8H14N4O. The Balaban J connectivity index is 1.97. The van der Waals surface area contributed by atoms with Crippen LogP contribution >= 0.6 is 0 Å². The Labute approximate surface area is 77.2 Å². The smallest absolute Gasteiger partial charge is 0.173 e. The Morgan fingerprint density at radius 2 is 2.23 bits per heavy atom. The van der Waals surface area contributed by atoms with Gasteiger partial charge in [-0.15, -0.1) is 0 Å². The molecule has 0 aromatic heterocycles. The molecule has 0 saturated carbocycles. The summed E-state index contributed by atoms with van der Waals surface area (Å²) in [5, 5.41) is 7.18. The van der Waals surface area contributed by atoms with Gasteiger partial charge in [-0.1, -0.05) is 0 Å². The minimum atomic E-state index is -0.247. The maximum Gasteiger partial charge on any atom is 0.173 e. The number of aldehydes is 1. The fraction of sp³-hybridized carbons (Fsp3) is 0.750. The van der Waals surface area contributed by atoms with E-state index in [9.17, 15) is 4.79 Å². The molecule has 2 rings (SSSR count). The molecule has 0 aromatic carbocycles. The van der Waals surface area contributed by atoms with Crippen molar-refractivity contribution in [3.63, 3.8) is 0 Å². The molecule has 0 spiro atoms. The summed E-state index contributed by atoms with van der Waals surface area (Å²) in [6.45, 7) is 2.06. The lowest BCUT2D eigenvalue weighted by atomic mass is 10.1. The minimum absolute atomic E-state index is 0.247. The second-order valence-electron chi connectivity index (χ2n) is 3.38. The Kier molecular flexibility index (Phi) is 2.44. The highest BCUT2D eigenvalue weighted by molar-refractivity contribution is 5.68. The van der Waals surface area contributed by atoms with Crippen molar-refractivity contribution < 1.29 is 4.79 Å². The van der Waals surface area contributed by atoms with Crippen LogP contribution in [-0.2, 0) is 4.79 Å². The van der Waals surface area contributed by atoms with Gasteiger partial charge in [-0.2, -0.15) is 5.10 Å². The molecule has 0 bridgehead atoms. The summed E-state index contributed by atoms with van der Waals surface area (Å²) in [6.07, 6.45) is 4.54. The molecule has 1 fully saturated rings. The van der Waals surface area contributed by atoms with Gasteiger partial charge in [-0.05, 0) is 25.9 Å². The highest BCUT2D eigenvalue weighted by atomic mass is 16.1. The van der Waals surface area contributed by atoms with Crippen molar-refractivity contribution in [2.24, 2.45) is 5.10 Å². The number of hydrogen-bond acceptors (Lipinski definition) is 5. The molecule has 0 aliphatic carbocycles. The summed E-state index contributed by atoms with van der Waals surface area (Å²) in [6, 6.07) is 0.454. The molecule has 1 saturated heterocycles. The van der Waals surface area contributed by atoms with Gasteiger partial charge >= 0.3 is 0 Å². The lowest BCUT2D eigenvalue weighted by Gasteiger charge is -2.32. The quantitative estimate of drug-likeness (QED) is 0.544. The maximum atomic E-state index is 10.7. The Hall–Kier alpha value is -1.10. The van der Waals surface area contributed by atoms with Crippen LogP contribution in [-0.4, -0.2) is 42.8 Å². The predicted octanol–water partition coefficient (Wildman–Crippen LogP) is -0.888. The van der Waals surface area contributed by atoms with Crippen LogP contribution < -0.4 is 10.7 Å². The summed E-state index contributed by atoms with van der Waals surface area (Å²) in [5.74, 6) is 0. The summed E-state index contributed by atoms with van der Waals surface area (Å²) >= 11 is 0. The number of hydrogen-bond donors (Lipinski definition) is 2. The normalized spacial score (nSPS) is 28.9. The Morgan fingerprint density at radius 3 is 2.92 bits per heavy atom. The number of nitrogens with one attached hydrogen (secondary N) is 2. The molecule has 5 heteroatoms. The molecule has 5 nitrogen and oxygen atoms in total. The van der Waals surface area contributed by atoms with Gasteiger partial charge in [0.1, 0.15) is 6.34 Å². The second kappa shape index (κ2) is 3.74. The van der Waals surface area contributed by atoms with E-state index in [0.29, 0.717) is 6.04 Å². The van der Waals surface area contributed by atoms with Gasteiger partial charge in [0.25, 0.3) is 0 Å². The third-order valence-corrected chi connectivity index (χ3v) is 2.58. The fourth-order valence-electron chi connectivity index (χ4n) is 1.84. The topological polar surface area (TPSA) is 56.7 Å². The van der Waals surface area contributed by atoms with Crippen molar-refractivity contribution in [1.29, 1.82) is 0 Å². The highest BCUT2D eigenvalue weighted by Crippen LogP contribution is 2.13. The molecule has 2 aliphatic heterocycles. The third-order valence-electron chi connectivity index (χ3n) is 2.58. The fourth-order valence-corrected chi connectivity index (χ4v) is 1.84. The summed E-state index contributed by atoms with van der Waals surface area (Å²) in [7, 11) is 0. The van der Waals surface area contributed by atoms with Gasteiger partial charge in [0.15, 0.2) is 12.5 Å². The van der Waals surface area contributed by atoms with E-state index >= 15 is 0 Å². The van der Waals surface area contributed by atoms with Crippen molar-refractivity contribution in [3.05, 3.63) is 0 Å². The van der Waals surface area contributed by atoms with Gasteiger partial charge in [0, 0.05) is 6.04 Å². The van der Waals surface area contributed by atoms with E-state index in [1.54, 1.807) is 6.34 Å². The molecule has 2 aliphatic rings. The number of rotatable bonds is 2. The SMILES string of the molecule is O=CC1NN=CN1C1CCNCC1. The first-order valence-corrected chi connectivity index (χ1v) is 4.64. The van der Waals surface area contributed by atoms with E-state index in [2.05, 4.69) is 15.8 Å². The maximum absolute atomic E-state index is 10.7. The average Bonchev–Trinajstić information content (AvgIpc) is 2.67. The molecule has 1 unspecified atom stereocenters. The zero-order valence-corrected chi connectivity index (χ0v) is 7.44. The Bertz CT molecular complexity index is 212. The summed E-state index contributed by atoms with van der Waals surface area (Å²) < 4.78 is 0. The largest absolute Gasteiger partial charge is 0.331 e. The third kappa shape index (κ3) is 1.65. The zero-order chi connectivity index (χ0) is 9.10. The monoisotopic (exact) mass is 182 g/mol. The molecule has 1 atom stereocenters. The van der Waals surface area contributed by atoms with Gasteiger partial charge in [0.2, 0.25) is 0 Å². The van der Waals surface area contributed by atoms with Crippen molar-refractivity contribution in [2.75, 3.05) is 13.1 Å². The van der Waals surface area contributed by atoms with Gasteiger partial charge < -0.3 is 10.2 Å². The lowest BCUT2D eigenvalue weighted by molar-refractivity contribution is -0.112. The van der Waals surface area contributed by atoms with Crippen LogP contribution in [0.2, 0.25) is 0 Å². The number of carbonyl (C=O) groups excluding carboxylic acids is 1. The molecule has 72 valence electrons. The van der Waals surface area contributed by atoms with Crippen LogP contribution in [0.3, 0.4) is 0 Å². The van der Waals surface area contributed by atoms with Gasteiger partial charge in [0.05, 0.1) is 0 Å². The van der Waals surface area contributed by atoms with Crippen LogP contribution in [0.4, 0.5) is 0 Å². The van der Waals surface area contributed by atoms with Crippen LogP contribution in [0, 0.1) is 0 Å². The number of carbonyl (C=O) groups is 1. The summed E-state index contributed by atoms with van der Waals surface area (Å²) in [5.41, 5.74) is 2.76. The van der Waals surface area contributed by atoms with Crippen LogP contribution in [0.15, 0.2) is 5.10 Å². The van der Waals surface area contributed by atoms with E-state index in [-0.39, 0.29) is 6.17 Å². The molecule has 0 radical (unpaired) electrons. The highest BCUT2D eigenvalue weighted by Gasteiger charge is 2.27. The van der Waals surface area contributed by atoms with Crippen molar-refractivity contribution in [3.8, 4) is 0 Å². The van der Waals surface area contributed by atoms with Crippen molar-refractivity contribution >= 4 is 12.6 Å². The molecule has 2 heterocycles. The molecular weight excluding hydrogens is 168 g/mol. The lowest BCUT2D eigenvalue weighted by Crippen LogP contribution is -2.48. The first-order valence-electron chi connectivity index (χ1n) is 4.64. The predicted molar refractivity (Wildman–Crippen MR) is 49.2 cm³/mol. The van der Waals surface area contributed by atoms with Crippen LogP contribution in [0.1, 0.15) is 12.8 Å². The van der Waals surface area contributed by atoms with E-state index in [4.69, 9.17) is 0 Å². The first-order chi connectivity index (χ1) is 6.42. The minimum Gasteiger partial charge on any atom is -0.331 e. The standard InChI is InChI=1S/C8H14N4O/c13-5-8-11-10-6-12(8)7-1-3-9-4-2-7/h5-9,11H,1-4H2. The molecule has 13 heavy (non-hydrogen) atoms. The average molecular weight is 182 g/mol. The van der Waals surface area contributed by atoms with E-state index < -0.39 is 0 Å². The van der Waals surface area contributed by atoms with Crippen molar-refractivity contribution in [2.45, 2.75) is 25.0 Å². The van der Waals surface area contributed by atoms with E-state index in [1.807, 2.05) is 4.90 Å². The molecule has 0 amide bonds. The number of hydrazone groups is 1. The van der Waals surface area contributed by atoms with E-state index in [0.717, 1.165) is 32.2 Å². The molecule has 0 aromatic rings. The number of piperidine rings is 1. The second-order valence-corrected chi connectivity index (χ2v) is 3.38.